The number of hydrogen-bond donors (Lipinski definition) is 2. The average Bonchev–Trinajstić information content (AvgIpc) is 2.79. The summed E-state index contributed by atoms with van der Waals surface area (Å²) in [5.74, 6) is 0. The predicted octanol–water partition coefficient (Wildman–Crippen LogP) is 3.33. The number of benzene rings is 1. The van der Waals surface area contributed by atoms with Crippen LogP contribution in [-0.2, 0) is 10.0 Å². The average molecular weight is 331 g/mol. The Bertz CT molecular complexity index is 726. The lowest BCUT2D eigenvalue weighted by Gasteiger charge is -2.15. The zero-order chi connectivity index (χ0) is 14.9. The summed E-state index contributed by atoms with van der Waals surface area (Å²) in [5.41, 5.74) is 6.77. The molecule has 1 heterocycles. The van der Waals surface area contributed by atoms with Crippen LogP contribution in [0.15, 0.2) is 35.2 Å². The number of thiophene rings is 1. The van der Waals surface area contributed by atoms with Crippen LogP contribution in [0.1, 0.15) is 23.4 Å². The van der Waals surface area contributed by atoms with Gasteiger partial charge >= 0.3 is 0 Å². The third-order valence-corrected chi connectivity index (χ3v) is 6.07. The van der Waals surface area contributed by atoms with Crippen molar-refractivity contribution in [3.8, 4) is 0 Å². The minimum Gasteiger partial charge on any atom is -0.398 e. The molecule has 0 aliphatic carbocycles. The van der Waals surface area contributed by atoms with Gasteiger partial charge in [-0.15, -0.1) is 11.3 Å². The molecule has 1 atom stereocenters. The highest BCUT2D eigenvalue weighted by molar-refractivity contribution is 7.89. The first kappa shape index (κ1) is 15.3. The van der Waals surface area contributed by atoms with Gasteiger partial charge in [0.2, 0.25) is 10.0 Å². The number of rotatable bonds is 4. The SMILES string of the molecule is Cc1c(N)cccc1S(=O)(=O)NC(C)c1ccc(Cl)s1. The largest absolute Gasteiger partial charge is 0.398 e. The van der Waals surface area contributed by atoms with Crippen molar-refractivity contribution in [2.24, 2.45) is 0 Å². The molecular weight excluding hydrogens is 316 g/mol. The Balaban J connectivity index is 2.30. The van der Waals surface area contributed by atoms with Gasteiger partial charge in [-0.05, 0) is 43.7 Å². The van der Waals surface area contributed by atoms with E-state index in [2.05, 4.69) is 4.72 Å². The number of nitrogen functional groups attached to an aromatic ring is 1. The molecule has 0 fully saturated rings. The Kier molecular flexibility index (Phi) is 4.39. The number of sulfonamides is 1. The highest BCUT2D eigenvalue weighted by Gasteiger charge is 2.21. The van der Waals surface area contributed by atoms with Crippen LogP contribution in [0, 0.1) is 6.92 Å². The number of nitrogens with two attached hydrogens (primary N) is 1. The number of hydrogen-bond acceptors (Lipinski definition) is 4. The van der Waals surface area contributed by atoms with E-state index in [1.807, 2.05) is 6.07 Å². The fraction of sp³-hybridized carbons (Fsp3) is 0.231. The quantitative estimate of drug-likeness (QED) is 0.844. The fourth-order valence-electron chi connectivity index (χ4n) is 1.84. The third kappa shape index (κ3) is 3.15. The molecule has 20 heavy (non-hydrogen) atoms. The molecule has 4 nitrogen and oxygen atoms in total. The predicted molar refractivity (Wildman–Crippen MR) is 83.7 cm³/mol. The molecule has 1 aromatic carbocycles. The van der Waals surface area contributed by atoms with E-state index < -0.39 is 10.0 Å². The molecule has 0 amide bonds. The van der Waals surface area contributed by atoms with Crippen LogP contribution in [-0.4, -0.2) is 8.42 Å². The molecule has 1 aromatic heterocycles. The highest BCUT2D eigenvalue weighted by Crippen LogP contribution is 2.28. The van der Waals surface area contributed by atoms with Gasteiger partial charge in [-0.25, -0.2) is 13.1 Å². The van der Waals surface area contributed by atoms with Crippen LogP contribution in [0.5, 0.6) is 0 Å². The second kappa shape index (κ2) is 5.73. The van der Waals surface area contributed by atoms with Gasteiger partial charge in [-0.3, -0.25) is 0 Å². The van der Waals surface area contributed by atoms with Gasteiger partial charge in [-0.2, -0.15) is 0 Å². The van der Waals surface area contributed by atoms with E-state index in [-0.39, 0.29) is 10.9 Å². The summed E-state index contributed by atoms with van der Waals surface area (Å²) in [6.45, 7) is 3.47. The lowest BCUT2D eigenvalue weighted by molar-refractivity contribution is 0.568. The Morgan fingerprint density at radius 3 is 2.60 bits per heavy atom. The molecule has 1 unspecified atom stereocenters. The van der Waals surface area contributed by atoms with Crippen molar-refractivity contribution in [3.05, 3.63) is 45.1 Å². The molecule has 108 valence electrons. The van der Waals surface area contributed by atoms with Gasteiger partial charge in [0.1, 0.15) is 0 Å². The maximum Gasteiger partial charge on any atom is 0.241 e. The van der Waals surface area contributed by atoms with E-state index in [9.17, 15) is 8.42 Å². The molecular formula is C13H15ClN2O2S2. The van der Waals surface area contributed by atoms with Crippen LogP contribution >= 0.6 is 22.9 Å². The van der Waals surface area contributed by atoms with E-state index in [4.69, 9.17) is 17.3 Å². The van der Waals surface area contributed by atoms with E-state index in [1.54, 1.807) is 38.1 Å². The lowest BCUT2D eigenvalue weighted by Crippen LogP contribution is -2.27. The normalized spacial score (nSPS) is 13.3. The molecule has 2 rings (SSSR count). The summed E-state index contributed by atoms with van der Waals surface area (Å²) in [5, 5.41) is 0. The van der Waals surface area contributed by atoms with Crippen molar-refractivity contribution in [1.82, 2.24) is 4.72 Å². The van der Waals surface area contributed by atoms with Crippen molar-refractivity contribution in [2.45, 2.75) is 24.8 Å². The van der Waals surface area contributed by atoms with Crippen LogP contribution < -0.4 is 10.5 Å². The molecule has 3 N–H and O–H groups in total. The van der Waals surface area contributed by atoms with Crippen LogP contribution in [0.2, 0.25) is 4.34 Å². The smallest absolute Gasteiger partial charge is 0.241 e. The molecule has 7 heteroatoms. The van der Waals surface area contributed by atoms with Gasteiger partial charge in [0.15, 0.2) is 0 Å². The Morgan fingerprint density at radius 2 is 2.00 bits per heavy atom. The Morgan fingerprint density at radius 1 is 1.30 bits per heavy atom. The zero-order valence-electron chi connectivity index (χ0n) is 11.1. The molecule has 0 saturated heterocycles. The van der Waals surface area contributed by atoms with Crippen molar-refractivity contribution >= 4 is 38.6 Å². The minimum atomic E-state index is -3.62. The molecule has 0 spiro atoms. The lowest BCUT2D eigenvalue weighted by atomic mass is 10.2. The minimum absolute atomic E-state index is 0.201. The molecule has 0 aliphatic rings. The Labute approximate surface area is 127 Å². The van der Waals surface area contributed by atoms with Gasteiger partial charge in [0.05, 0.1) is 15.3 Å². The summed E-state index contributed by atoms with van der Waals surface area (Å²) in [6.07, 6.45) is 0. The van der Waals surface area contributed by atoms with Gasteiger partial charge in [-0.1, -0.05) is 17.7 Å². The number of nitrogens with one attached hydrogen (secondary N) is 1. The number of anilines is 1. The van der Waals surface area contributed by atoms with Crippen molar-refractivity contribution in [1.29, 1.82) is 0 Å². The van der Waals surface area contributed by atoms with Crippen molar-refractivity contribution < 1.29 is 8.42 Å². The summed E-state index contributed by atoms with van der Waals surface area (Å²) in [7, 11) is -3.62. The number of halogens is 1. The van der Waals surface area contributed by atoms with Gasteiger partial charge in [0, 0.05) is 10.6 Å². The van der Waals surface area contributed by atoms with Gasteiger partial charge < -0.3 is 5.73 Å². The second-order valence-electron chi connectivity index (χ2n) is 4.46. The summed E-state index contributed by atoms with van der Waals surface area (Å²) in [6, 6.07) is 8.06. The maximum absolute atomic E-state index is 12.4. The molecule has 0 saturated carbocycles. The van der Waals surface area contributed by atoms with Gasteiger partial charge in [0.25, 0.3) is 0 Å². The molecule has 0 bridgehead atoms. The van der Waals surface area contributed by atoms with Crippen molar-refractivity contribution in [3.63, 3.8) is 0 Å². The first-order valence-corrected chi connectivity index (χ1v) is 8.61. The fourth-order valence-corrected chi connectivity index (χ4v) is 4.47. The van der Waals surface area contributed by atoms with Crippen molar-refractivity contribution in [2.75, 3.05) is 5.73 Å². The summed E-state index contributed by atoms with van der Waals surface area (Å²) in [4.78, 5) is 1.06. The first-order chi connectivity index (χ1) is 9.31. The van der Waals surface area contributed by atoms with E-state index in [0.29, 0.717) is 15.6 Å². The molecule has 2 aromatic rings. The second-order valence-corrected chi connectivity index (χ2v) is 7.88. The van der Waals surface area contributed by atoms with Crippen LogP contribution in [0.25, 0.3) is 0 Å². The zero-order valence-corrected chi connectivity index (χ0v) is 13.4. The standard InChI is InChI=1S/C13H15ClN2O2S2/c1-8-10(15)4-3-5-12(8)20(17,18)16-9(2)11-6-7-13(14)19-11/h3-7,9,16H,15H2,1-2H3. The first-order valence-electron chi connectivity index (χ1n) is 5.94. The summed E-state index contributed by atoms with van der Waals surface area (Å²) < 4.78 is 28.1. The van der Waals surface area contributed by atoms with Crippen LogP contribution in [0.4, 0.5) is 5.69 Å². The summed E-state index contributed by atoms with van der Waals surface area (Å²) >= 11 is 7.22. The molecule has 0 aliphatic heterocycles. The Hall–Kier alpha value is -1.08. The van der Waals surface area contributed by atoms with E-state index in [1.165, 1.54) is 11.3 Å². The monoisotopic (exact) mass is 330 g/mol. The van der Waals surface area contributed by atoms with Crippen LogP contribution in [0.3, 0.4) is 0 Å². The third-order valence-electron chi connectivity index (χ3n) is 2.97. The van der Waals surface area contributed by atoms with E-state index >= 15 is 0 Å². The highest BCUT2D eigenvalue weighted by atomic mass is 35.5. The topological polar surface area (TPSA) is 72.2 Å². The maximum atomic E-state index is 12.4. The van der Waals surface area contributed by atoms with E-state index in [0.717, 1.165) is 4.88 Å². The molecule has 0 radical (unpaired) electrons.